The van der Waals surface area contributed by atoms with E-state index < -0.39 is 6.10 Å². The lowest BCUT2D eigenvalue weighted by atomic mass is 10.1. The largest absolute Gasteiger partial charge is 0.392 e. The molecule has 1 aromatic carbocycles. The molecule has 2 aromatic rings. The van der Waals surface area contributed by atoms with Crippen molar-refractivity contribution in [3.8, 4) is 0 Å². The zero-order chi connectivity index (χ0) is 15.4. The van der Waals surface area contributed by atoms with Crippen molar-refractivity contribution in [1.82, 2.24) is 15.1 Å². The molecule has 1 unspecified atom stereocenters. The second kappa shape index (κ2) is 6.54. The van der Waals surface area contributed by atoms with E-state index in [0.717, 1.165) is 17.0 Å². The van der Waals surface area contributed by atoms with Gasteiger partial charge in [-0.15, -0.1) is 0 Å². The number of benzene rings is 1. The van der Waals surface area contributed by atoms with Gasteiger partial charge in [-0.1, -0.05) is 12.1 Å². The van der Waals surface area contributed by atoms with Crippen LogP contribution in [0.25, 0.3) is 0 Å². The average molecular weight is 287 g/mol. The number of amides is 1. The Balaban J connectivity index is 2.10. The topological polar surface area (TPSA) is 67.2 Å². The number of rotatable bonds is 5. The zero-order valence-corrected chi connectivity index (χ0v) is 12.6. The first kappa shape index (κ1) is 15.3. The molecule has 0 radical (unpaired) electrons. The molecule has 21 heavy (non-hydrogen) atoms. The van der Waals surface area contributed by atoms with Gasteiger partial charge in [-0.25, -0.2) is 0 Å². The van der Waals surface area contributed by atoms with Crippen LogP contribution in [0.5, 0.6) is 0 Å². The predicted molar refractivity (Wildman–Crippen MR) is 81.3 cm³/mol. The van der Waals surface area contributed by atoms with Crippen LogP contribution >= 0.6 is 0 Å². The summed E-state index contributed by atoms with van der Waals surface area (Å²) in [5, 5.41) is 16.3. The van der Waals surface area contributed by atoms with Crippen LogP contribution in [-0.2, 0) is 6.54 Å². The van der Waals surface area contributed by atoms with Crippen molar-refractivity contribution >= 4 is 5.91 Å². The molecule has 112 valence electrons. The summed E-state index contributed by atoms with van der Waals surface area (Å²) in [6.07, 6.45) is -0.549. The summed E-state index contributed by atoms with van der Waals surface area (Å²) in [7, 11) is 0. The summed E-state index contributed by atoms with van der Waals surface area (Å²) in [6.45, 7) is 6.50. The third kappa shape index (κ3) is 4.16. The summed E-state index contributed by atoms with van der Waals surface area (Å²) in [4.78, 5) is 12.0. The van der Waals surface area contributed by atoms with E-state index in [1.807, 2.05) is 42.8 Å². The molecule has 0 aliphatic heterocycles. The summed E-state index contributed by atoms with van der Waals surface area (Å²) in [5.74, 6) is -0.175. The van der Waals surface area contributed by atoms with Crippen molar-refractivity contribution in [3.05, 3.63) is 52.8 Å². The number of nitrogens with one attached hydrogen (secondary N) is 1. The van der Waals surface area contributed by atoms with Gasteiger partial charge in [0.1, 0.15) is 0 Å². The van der Waals surface area contributed by atoms with E-state index >= 15 is 0 Å². The fourth-order valence-electron chi connectivity index (χ4n) is 2.16. The van der Waals surface area contributed by atoms with E-state index in [9.17, 15) is 9.90 Å². The lowest BCUT2D eigenvalue weighted by Crippen LogP contribution is -2.30. The van der Waals surface area contributed by atoms with Gasteiger partial charge in [-0.2, -0.15) is 5.10 Å². The van der Waals surface area contributed by atoms with E-state index in [2.05, 4.69) is 10.4 Å². The van der Waals surface area contributed by atoms with Gasteiger partial charge in [0.05, 0.1) is 18.3 Å². The average Bonchev–Trinajstić information content (AvgIpc) is 2.74. The molecule has 1 aromatic heterocycles. The van der Waals surface area contributed by atoms with Crippen molar-refractivity contribution in [2.45, 2.75) is 33.4 Å². The van der Waals surface area contributed by atoms with Crippen LogP contribution in [-0.4, -0.2) is 33.4 Å². The van der Waals surface area contributed by atoms with Gasteiger partial charge >= 0.3 is 0 Å². The van der Waals surface area contributed by atoms with Crippen LogP contribution in [0.3, 0.4) is 0 Å². The van der Waals surface area contributed by atoms with Gasteiger partial charge in [-0.3, -0.25) is 9.48 Å². The van der Waals surface area contributed by atoms with E-state index in [1.165, 1.54) is 0 Å². The quantitative estimate of drug-likeness (QED) is 0.879. The highest BCUT2D eigenvalue weighted by molar-refractivity contribution is 5.94. The number of hydrogen-bond donors (Lipinski definition) is 2. The minimum absolute atomic E-state index is 0.175. The molecule has 0 spiro atoms. The minimum atomic E-state index is -0.549. The third-order valence-electron chi connectivity index (χ3n) is 3.18. The molecule has 0 aliphatic carbocycles. The van der Waals surface area contributed by atoms with Crippen molar-refractivity contribution in [2.24, 2.45) is 0 Å². The summed E-state index contributed by atoms with van der Waals surface area (Å²) in [6, 6.07) is 9.48. The fraction of sp³-hybridized carbons (Fsp3) is 0.375. The Morgan fingerprint density at radius 1 is 1.38 bits per heavy atom. The summed E-state index contributed by atoms with van der Waals surface area (Å²) in [5.41, 5.74) is 3.69. The Morgan fingerprint density at radius 3 is 2.76 bits per heavy atom. The molecule has 0 saturated carbocycles. The fourth-order valence-corrected chi connectivity index (χ4v) is 2.16. The number of aliphatic hydroxyl groups is 1. The smallest absolute Gasteiger partial charge is 0.251 e. The molecule has 0 saturated heterocycles. The molecule has 0 bridgehead atoms. The molecule has 1 amide bonds. The highest BCUT2D eigenvalue weighted by Gasteiger charge is 2.08. The number of carbonyl (C=O) groups is 1. The second-order valence-corrected chi connectivity index (χ2v) is 5.34. The van der Waals surface area contributed by atoms with Gasteiger partial charge in [0.25, 0.3) is 5.91 Å². The second-order valence-electron chi connectivity index (χ2n) is 5.34. The van der Waals surface area contributed by atoms with Gasteiger partial charge in [0.15, 0.2) is 0 Å². The lowest BCUT2D eigenvalue weighted by Gasteiger charge is -2.09. The molecule has 0 fully saturated rings. The molecule has 2 N–H and O–H groups in total. The minimum Gasteiger partial charge on any atom is -0.392 e. The number of carbonyl (C=O) groups excluding carboxylic acids is 1. The van der Waals surface area contributed by atoms with Crippen LogP contribution < -0.4 is 5.32 Å². The van der Waals surface area contributed by atoms with Crippen LogP contribution in [0.1, 0.15) is 34.2 Å². The number of hydrogen-bond acceptors (Lipinski definition) is 3. The zero-order valence-electron chi connectivity index (χ0n) is 12.6. The normalized spacial score (nSPS) is 12.2. The number of aromatic nitrogens is 2. The highest BCUT2D eigenvalue weighted by Crippen LogP contribution is 2.10. The van der Waals surface area contributed by atoms with Crippen molar-refractivity contribution < 1.29 is 9.90 Å². The van der Waals surface area contributed by atoms with E-state index in [-0.39, 0.29) is 12.5 Å². The first-order chi connectivity index (χ1) is 9.95. The highest BCUT2D eigenvalue weighted by atomic mass is 16.3. The Kier molecular flexibility index (Phi) is 4.75. The van der Waals surface area contributed by atoms with Crippen LogP contribution in [0.2, 0.25) is 0 Å². The van der Waals surface area contributed by atoms with Crippen LogP contribution in [0.15, 0.2) is 30.3 Å². The van der Waals surface area contributed by atoms with E-state index in [0.29, 0.717) is 12.1 Å². The summed E-state index contributed by atoms with van der Waals surface area (Å²) < 4.78 is 1.92. The van der Waals surface area contributed by atoms with Gasteiger partial charge in [-0.05, 0) is 44.5 Å². The number of aryl methyl sites for hydroxylation is 2. The molecule has 1 atom stereocenters. The maximum Gasteiger partial charge on any atom is 0.251 e. The first-order valence-corrected chi connectivity index (χ1v) is 7.02. The molecule has 0 aliphatic rings. The Hall–Kier alpha value is -2.14. The summed E-state index contributed by atoms with van der Waals surface area (Å²) >= 11 is 0. The number of nitrogens with zero attached hydrogens (tertiary/aromatic N) is 2. The molecular formula is C16H21N3O2. The molecule has 2 rings (SSSR count). The van der Waals surface area contributed by atoms with Gasteiger partial charge in [0.2, 0.25) is 0 Å². The van der Waals surface area contributed by atoms with Crippen LogP contribution in [0.4, 0.5) is 0 Å². The predicted octanol–water partition coefficient (Wildman–Crippen LogP) is 1.66. The van der Waals surface area contributed by atoms with Crippen LogP contribution in [0, 0.1) is 13.8 Å². The maximum absolute atomic E-state index is 12.0. The van der Waals surface area contributed by atoms with Crippen molar-refractivity contribution in [3.63, 3.8) is 0 Å². The SMILES string of the molecule is Cc1cc(C)n(Cc2cccc(C(=O)NCC(C)O)c2)n1. The van der Waals surface area contributed by atoms with Crippen molar-refractivity contribution in [1.29, 1.82) is 0 Å². The van der Waals surface area contributed by atoms with Crippen molar-refractivity contribution in [2.75, 3.05) is 6.54 Å². The van der Waals surface area contributed by atoms with E-state index in [4.69, 9.17) is 0 Å². The molecular weight excluding hydrogens is 266 g/mol. The monoisotopic (exact) mass is 287 g/mol. The number of aliphatic hydroxyl groups excluding tert-OH is 1. The first-order valence-electron chi connectivity index (χ1n) is 7.02. The van der Waals surface area contributed by atoms with Gasteiger partial charge < -0.3 is 10.4 Å². The maximum atomic E-state index is 12.0. The third-order valence-corrected chi connectivity index (χ3v) is 3.18. The van der Waals surface area contributed by atoms with Gasteiger partial charge in [0, 0.05) is 17.8 Å². The molecule has 5 nitrogen and oxygen atoms in total. The van der Waals surface area contributed by atoms with E-state index in [1.54, 1.807) is 13.0 Å². The standard InChI is InChI=1S/C16H21N3O2/c1-11-7-12(2)19(18-11)10-14-5-4-6-15(8-14)16(21)17-9-13(3)20/h4-8,13,20H,9-10H2,1-3H3,(H,17,21). The molecule has 5 heteroatoms. The Bertz CT molecular complexity index is 632. The Morgan fingerprint density at radius 2 is 2.14 bits per heavy atom. The Labute approximate surface area is 124 Å². The molecule has 1 heterocycles. The lowest BCUT2D eigenvalue weighted by molar-refractivity contribution is 0.0924.